The summed E-state index contributed by atoms with van der Waals surface area (Å²) in [6.07, 6.45) is 2.17. The second kappa shape index (κ2) is 10.5. The first kappa shape index (κ1) is 22.3. The van der Waals surface area contributed by atoms with Gasteiger partial charge in [-0.1, -0.05) is 13.8 Å². The van der Waals surface area contributed by atoms with Crippen molar-refractivity contribution >= 4 is 33.7 Å². The maximum atomic E-state index is 13.3. The number of likely N-dealkylation sites (tertiary alicyclic amines) is 1. The van der Waals surface area contributed by atoms with Gasteiger partial charge in [-0.05, 0) is 52.9 Å². The SMILES string of the molecule is CC(C)CC(=O)N1CCC(NC(=O)CCNC(=O)c2cc(F)ccc2Br)CC1. The molecule has 0 saturated carbocycles. The van der Waals surface area contributed by atoms with Gasteiger partial charge in [-0.15, -0.1) is 0 Å². The Balaban J connectivity index is 1.69. The highest BCUT2D eigenvalue weighted by molar-refractivity contribution is 9.10. The summed E-state index contributed by atoms with van der Waals surface area (Å²) in [6.45, 7) is 5.52. The lowest BCUT2D eigenvalue weighted by atomic mass is 10.0. The molecule has 1 aromatic rings. The number of hydrogen-bond donors (Lipinski definition) is 2. The molecule has 0 atom stereocenters. The minimum absolute atomic E-state index is 0.0451. The van der Waals surface area contributed by atoms with Crippen molar-refractivity contribution in [3.8, 4) is 0 Å². The molecule has 0 spiro atoms. The van der Waals surface area contributed by atoms with Crippen molar-refractivity contribution in [1.82, 2.24) is 15.5 Å². The van der Waals surface area contributed by atoms with Crippen LogP contribution in [-0.4, -0.2) is 48.3 Å². The molecule has 0 radical (unpaired) electrons. The lowest BCUT2D eigenvalue weighted by Gasteiger charge is -2.32. The van der Waals surface area contributed by atoms with Crippen LogP contribution in [0.4, 0.5) is 4.39 Å². The number of halogens is 2. The Morgan fingerprint density at radius 3 is 2.57 bits per heavy atom. The predicted molar refractivity (Wildman–Crippen MR) is 108 cm³/mol. The molecule has 8 heteroatoms. The van der Waals surface area contributed by atoms with E-state index in [0.29, 0.717) is 29.9 Å². The van der Waals surface area contributed by atoms with Crippen LogP contribution in [0.2, 0.25) is 0 Å². The van der Waals surface area contributed by atoms with Crippen LogP contribution >= 0.6 is 15.9 Å². The highest BCUT2D eigenvalue weighted by Crippen LogP contribution is 2.17. The molecule has 1 aromatic carbocycles. The molecule has 2 N–H and O–H groups in total. The first-order chi connectivity index (χ1) is 13.3. The number of amides is 3. The van der Waals surface area contributed by atoms with E-state index in [0.717, 1.165) is 18.9 Å². The number of carbonyl (C=O) groups is 3. The van der Waals surface area contributed by atoms with Crippen molar-refractivity contribution in [2.45, 2.75) is 45.6 Å². The predicted octanol–water partition coefficient (Wildman–Crippen LogP) is 2.86. The summed E-state index contributed by atoms with van der Waals surface area (Å²) in [6, 6.07) is 3.92. The third-order valence-corrected chi connectivity index (χ3v) is 5.30. The summed E-state index contributed by atoms with van der Waals surface area (Å²) < 4.78 is 13.8. The van der Waals surface area contributed by atoms with Gasteiger partial charge >= 0.3 is 0 Å². The maximum absolute atomic E-state index is 13.3. The van der Waals surface area contributed by atoms with Gasteiger partial charge in [-0.25, -0.2) is 4.39 Å². The molecule has 0 aromatic heterocycles. The Labute approximate surface area is 173 Å². The number of hydrogen-bond acceptors (Lipinski definition) is 3. The van der Waals surface area contributed by atoms with E-state index < -0.39 is 11.7 Å². The zero-order valence-electron chi connectivity index (χ0n) is 16.3. The van der Waals surface area contributed by atoms with Crippen LogP contribution in [0.5, 0.6) is 0 Å². The van der Waals surface area contributed by atoms with E-state index in [1.807, 2.05) is 18.7 Å². The summed E-state index contributed by atoms with van der Waals surface area (Å²) in [4.78, 5) is 38.1. The fraction of sp³-hybridized carbons (Fsp3) is 0.550. The molecule has 1 aliphatic rings. The number of nitrogens with one attached hydrogen (secondary N) is 2. The summed E-state index contributed by atoms with van der Waals surface area (Å²) in [5, 5.41) is 5.58. The maximum Gasteiger partial charge on any atom is 0.252 e. The van der Waals surface area contributed by atoms with Crippen molar-refractivity contribution in [3.05, 3.63) is 34.1 Å². The Morgan fingerprint density at radius 2 is 1.93 bits per heavy atom. The fourth-order valence-corrected chi connectivity index (χ4v) is 3.53. The highest BCUT2D eigenvalue weighted by atomic mass is 79.9. The Kier molecular flexibility index (Phi) is 8.41. The third kappa shape index (κ3) is 6.89. The molecule has 154 valence electrons. The first-order valence-electron chi connectivity index (χ1n) is 9.56. The lowest BCUT2D eigenvalue weighted by Crippen LogP contribution is -2.47. The Hall–Kier alpha value is -1.96. The molecule has 0 unspecified atom stereocenters. The van der Waals surface area contributed by atoms with E-state index in [4.69, 9.17) is 0 Å². The summed E-state index contributed by atoms with van der Waals surface area (Å²) in [7, 11) is 0. The molecule has 2 rings (SSSR count). The van der Waals surface area contributed by atoms with Gasteiger partial charge in [0.15, 0.2) is 0 Å². The molecule has 6 nitrogen and oxygen atoms in total. The van der Waals surface area contributed by atoms with Crippen molar-refractivity contribution in [1.29, 1.82) is 0 Å². The van der Waals surface area contributed by atoms with Gasteiger partial charge in [-0.2, -0.15) is 0 Å². The Morgan fingerprint density at radius 1 is 1.25 bits per heavy atom. The van der Waals surface area contributed by atoms with Gasteiger partial charge in [0.2, 0.25) is 11.8 Å². The zero-order chi connectivity index (χ0) is 20.7. The highest BCUT2D eigenvalue weighted by Gasteiger charge is 2.24. The molecule has 1 heterocycles. The summed E-state index contributed by atoms with van der Waals surface area (Å²) in [5.74, 6) is -0.565. The van der Waals surface area contributed by atoms with Crippen LogP contribution in [0.15, 0.2) is 22.7 Å². The minimum atomic E-state index is -0.496. The smallest absolute Gasteiger partial charge is 0.252 e. The molecule has 1 saturated heterocycles. The summed E-state index contributed by atoms with van der Waals surface area (Å²) >= 11 is 3.21. The van der Waals surface area contributed by atoms with Gasteiger partial charge in [0, 0.05) is 43.0 Å². The van der Waals surface area contributed by atoms with Crippen LogP contribution in [0.3, 0.4) is 0 Å². The van der Waals surface area contributed by atoms with Crippen molar-refractivity contribution < 1.29 is 18.8 Å². The van der Waals surface area contributed by atoms with Crippen LogP contribution in [0, 0.1) is 11.7 Å². The van der Waals surface area contributed by atoms with Gasteiger partial charge in [0.1, 0.15) is 5.82 Å². The van der Waals surface area contributed by atoms with E-state index >= 15 is 0 Å². The average molecular weight is 456 g/mol. The fourth-order valence-electron chi connectivity index (χ4n) is 3.11. The van der Waals surface area contributed by atoms with Crippen molar-refractivity contribution in [2.24, 2.45) is 5.92 Å². The molecule has 1 fully saturated rings. The van der Waals surface area contributed by atoms with Crippen molar-refractivity contribution in [3.63, 3.8) is 0 Å². The van der Waals surface area contributed by atoms with E-state index in [1.165, 1.54) is 12.1 Å². The van der Waals surface area contributed by atoms with Crippen LogP contribution < -0.4 is 10.6 Å². The van der Waals surface area contributed by atoms with E-state index in [9.17, 15) is 18.8 Å². The van der Waals surface area contributed by atoms with E-state index in [-0.39, 0.29) is 36.4 Å². The Bertz CT molecular complexity index is 719. The second-order valence-corrected chi connectivity index (χ2v) is 8.30. The first-order valence-corrected chi connectivity index (χ1v) is 10.4. The van der Waals surface area contributed by atoms with E-state index in [1.54, 1.807) is 0 Å². The second-order valence-electron chi connectivity index (χ2n) is 7.45. The lowest BCUT2D eigenvalue weighted by molar-refractivity contribution is -0.133. The third-order valence-electron chi connectivity index (χ3n) is 4.61. The zero-order valence-corrected chi connectivity index (χ0v) is 17.9. The molecule has 1 aliphatic heterocycles. The number of carbonyl (C=O) groups excluding carboxylic acids is 3. The van der Waals surface area contributed by atoms with E-state index in [2.05, 4.69) is 26.6 Å². The molecular weight excluding hydrogens is 429 g/mol. The van der Waals surface area contributed by atoms with Gasteiger partial charge in [0.25, 0.3) is 5.91 Å². The quantitative estimate of drug-likeness (QED) is 0.663. The van der Waals surface area contributed by atoms with Gasteiger partial charge in [-0.3, -0.25) is 14.4 Å². The minimum Gasteiger partial charge on any atom is -0.353 e. The van der Waals surface area contributed by atoms with Crippen LogP contribution in [0.1, 0.15) is 49.9 Å². The topological polar surface area (TPSA) is 78.5 Å². The molecular formula is C20H27BrFN3O3. The molecule has 3 amide bonds. The monoisotopic (exact) mass is 455 g/mol. The number of benzene rings is 1. The normalized spacial score (nSPS) is 14.8. The number of nitrogens with zero attached hydrogens (tertiary/aromatic N) is 1. The summed E-state index contributed by atoms with van der Waals surface area (Å²) in [5.41, 5.74) is 0.193. The van der Waals surface area contributed by atoms with Crippen LogP contribution in [0.25, 0.3) is 0 Å². The van der Waals surface area contributed by atoms with Gasteiger partial charge < -0.3 is 15.5 Å². The molecule has 0 aliphatic carbocycles. The molecule has 0 bridgehead atoms. The largest absolute Gasteiger partial charge is 0.353 e. The number of piperidine rings is 1. The van der Waals surface area contributed by atoms with Crippen molar-refractivity contribution in [2.75, 3.05) is 19.6 Å². The standard InChI is InChI=1S/C20H27BrFN3O3/c1-13(2)11-19(27)25-9-6-15(7-10-25)24-18(26)5-8-23-20(28)16-12-14(22)3-4-17(16)21/h3-4,12-13,15H,5-11H2,1-2H3,(H,23,28)(H,24,26). The van der Waals surface area contributed by atoms with Crippen LogP contribution in [-0.2, 0) is 9.59 Å². The van der Waals surface area contributed by atoms with Gasteiger partial charge in [0.05, 0.1) is 5.56 Å². The molecule has 28 heavy (non-hydrogen) atoms. The average Bonchev–Trinajstić information content (AvgIpc) is 2.63. The number of rotatable bonds is 7.